The van der Waals surface area contributed by atoms with Crippen LogP contribution in [-0.4, -0.2) is 24.2 Å². The first-order chi connectivity index (χ1) is 14.5. The average molecular weight is 403 g/mol. The number of rotatable bonds is 7. The van der Waals surface area contributed by atoms with Crippen LogP contribution in [0.4, 0.5) is 0 Å². The minimum atomic E-state index is -0.398. The Morgan fingerprint density at radius 3 is 2.63 bits per heavy atom. The lowest BCUT2D eigenvalue weighted by Crippen LogP contribution is -2.34. The normalized spacial score (nSPS) is 15.6. The molecule has 30 heavy (non-hydrogen) atoms. The molecular formula is C24H25N3O3. The van der Waals surface area contributed by atoms with E-state index < -0.39 is 5.92 Å². The second-order valence-corrected chi connectivity index (χ2v) is 7.14. The van der Waals surface area contributed by atoms with Crippen LogP contribution in [0, 0.1) is 18.3 Å². The third-order valence-electron chi connectivity index (χ3n) is 5.03. The highest BCUT2D eigenvalue weighted by atomic mass is 16.5. The van der Waals surface area contributed by atoms with Crippen molar-refractivity contribution in [2.45, 2.75) is 26.2 Å². The van der Waals surface area contributed by atoms with Gasteiger partial charge < -0.3 is 20.5 Å². The number of allylic oxidation sites excluding steroid dienone is 2. The maximum Gasteiger partial charge on any atom is 0.249 e. The molecule has 1 aliphatic heterocycles. The molecule has 6 nitrogen and oxygen atoms in total. The lowest BCUT2D eigenvalue weighted by atomic mass is 9.80. The summed E-state index contributed by atoms with van der Waals surface area (Å²) in [6, 6.07) is 16.6. The van der Waals surface area contributed by atoms with E-state index in [4.69, 9.17) is 4.74 Å². The van der Waals surface area contributed by atoms with Crippen molar-refractivity contribution in [2.75, 3.05) is 13.2 Å². The van der Waals surface area contributed by atoms with Gasteiger partial charge in [0.2, 0.25) is 5.91 Å². The third-order valence-corrected chi connectivity index (χ3v) is 5.03. The molecule has 0 bridgehead atoms. The molecule has 2 aromatic carbocycles. The molecule has 2 aromatic rings. The number of aryl methyl sites for hydroxylation is 1. The Bertz CT molecular complexity index is 1020. The van der Waals surface area contributed by atoms with E-state index in [1.165, 1.54) is 0 Å². The number of nitrogens with zero attached hydrogens (tertiary/aromatic N) is 1. The van der Waals surface area contributed by atoms with Crippen molar-refractivity contribution in [3.05, 3.63) is 82.7 Å². The number of nitriles is 1. The Morgan fingerprint density at radius 1 is 1.20 bits per heavy atom. The summed E-state index contributed by atoms with van der Waals surface area (Å²) in [4.78, 5) is 13.0. The van der Waals surface area contributed by atoms with Crippen LogP contribution in [0.5, 0.6) is 11.5 Å². The molecule has 0 fully saturated rings. The fourth-order valence-corrected chi connectivity index (χ4v) is 3.45. The van der Waals surface area contributed by atoms with Gasteiger partial charge in [-0.05, 0) is 55.7 Å². The van der Waals surface area contributed by atoms with Crippen LogP contribution in [0.3, 0.4) is 0 Å². The van der Waals surface area contributed by atoms with E-state index in [0.717, 1.165) is 16.8 Å². The highest BCUT2D eigenvalue weighted by Gasteiger charge is 2.31. The maximum atomic E-state index is 13.0. The molecular weight excluding hydrogens is 378 g/mol. The summed E-state index contributed by atoms with van der Waals surface area (Å²) in [6.07, 6.45) is 2.30. The van der Waals surface area contributed by atoms with Gasteiger partial charge in [-0.3, -0.25) is 4.79 Å². The molecule has 1 amide bonds. The van der Waals surface area contributed by atoms with Crippen molar-refractivity contribution >= 4 is 5.91 Å². The van der Waals surface area contributed by atoms with E-state index >= 15 is 0 Å². The first-order valence-corrected chi connectivity index (χ1v) is 9.84. The largest absolute Gasteiger partial charge is 0.508 e. The number of carbonyl (C=O) groups excluding carboxylic acids is 1. The Hall–Kier alpha value is -3.72. The van der Waals surface area contributed by atoms with Crippen molar-refractivity contribution in [3.63, 3.8) is 0 Å². The second kappa shape index (κ2) is 9.66. The van der Waals surface area contributed by atoms with Crippen LogP contribution in [0.25, 0.3) is 0 Å². The monoisotopic (exact) mass is 403 g/mol. The molecule has 154 valence electrons. The summed E-state index contributed by atoms with van der Waals surface area (Å²) in [7, 11) is 0. The maximum absolute atomic E-state index is 13.0. The molecule has 6 heteroatoms. The number of hydrogen-bond donors (Lipinski definition) is 3. The quantitative estimate of drug-likeness (QED) is 0.614. The van der Waals surface area contributed by atoms with E-state index in [-0.39, 0.29) is 11.7 Å². The standard InChI is InChI=1S/C24H25N3O3/c1-16-6-3-4-7-21(16)23-18(14-25)15-27-17(2)22(23)24(29)26-12-5-13-30-20-10-8-19(28)9-11-20/h3-4,6-11,15,23,27-28H,5,12-13H2,1-2H3,(H,26,29). The number of dihydropyridines is 1. The van der Waals surface area contributed by atoms with Gasteiger partial charge in [0.15, 0.2) is 0 Å². The minimum absolute atomic E-state index is 0.188. The summed E-state index contributed by atoms with van der Waals surface area (Å²) in [6.45, 7) is 4.71. The molecule has 0 spiro atoms. The van der Waals surface area contributed by atoms with Crippen LogP contribution in [-0.2, 0) is 4.79 Å². The van der Waals surface area contributed by atoms with Gasteiger partial charge in [-0.2, -0.15) is 5.26 Å². The Balaban J connectivity index is 1.64. The second-order valence-electron chi connectivity index (χ2n) is 7.14. The number of nitrogens with one attached hydrogen (secondary N) is 2. The summed E-state index contributed by atoms with van der Waals surface area (Å²) in [5.41, 5.74) is 3.79. The highest BCUT2D eigenvalue weighted by molar-refractivity contribution is 5.97. The van der Waals surface area contributed by atoms with Crippen molar-refractivity contribution < 1.29 is 14.6 Å². The first kappa shape index (κ1) is 21.0. The molecule has 1 heterocycles. The number of amides is 1. The molecule has 0 saturated carbocycles. The van der Waals surface area contributed by atoms with E-state index in [1.807, 2.05) is 38.1 Å². The van der Waals surface area contributed by atoms with Gasteiger partial charge in [0.05, 0.1) is 24.2 Å². The average Bonchev–Trinajstić information content (AvgIpc) is 2.75. The Labute approximate surface area is 176 Å². The van der Waals surface area contributed by atoms with Gasteiger partial charge in [0, 0.05) is 24.0 Å². The number of carbonyl (C=O) groups is 1. The molecule has 1 atom stereocenters. The van der Waals surface area contributed by atoms with Gasteiger partial charge in [-0.15, -0.1) is 0 Å². The zero-order chi connectivity index (χ0) is 21.5. The predicted molar refractivity (Wildman–Crippen MR) is 115 cm³/mol. The predicted octanol–water partition coefficient (Wildman–Crippen LogP) is 3.65. The number of ether oxygens (including phenoxy) is 1. The summed E-state index contributed by atoms with van der Waals surface area (Å²) in [5, 5.41) is 24.9. The van der Waals surface area contributed by atoms with Gasteiger partial charge in [-0.25, -0.2) is 0 Å². The van der Waals surface area contributed by atoms with Crippen LogP contribution in [0.2, 0.25) is 0 Å². The third kappa shape index (κ3) is 4.81. The molecule has 1 unspecified atom stereocenters. The fraction of sp³-hybridized carbons (Fsp3) is 0.250. The zero-order valence-corrected chi connectivity index (χ0v) is 17.1. The lowest BCUT2D eigenvalue weighted by Gasteiger charge is -2.27. The van der Waals surface area contributed by atoms with Crippen molar-refractivity contribution in [2.24, 2.45) is 0 Å². The lowest BCUT2D eigenvalue weighted by molar-refractivity contribution is -0.117. The zero-order valence-electron chi connectivity index (χ0n) is 17.1. The van der Waals surface area contributed by atoms with Gasteiger partial charge in [-0.1, -0.05) is 24.3 Å². The molecule has 0 aromatic heterocycles. The molecule has 0 radical (unpaired) electrons. The number of aromatic hydroxyl groups is 1. The van der Waals surface area contributed by atoms with Crippen molar-refractivity contribution in [1.82, 2.24) is 10.6 Å². The smallest absolute Gasteiger partial charge is 0.249 e. The summed E-state index contributed by atoms with van der Waals surface area (Å²) < 4.78 is 5.61. The molecule has 3 rings (SSSR count). The van der Waals surface area contributed by atoms with Crippen LogP contribution in [0.15, 0.2) is 71.6 Å². The van der Waals surface area contributed by atoms with E-state index in [2.05, 4.69) is 16.7 Å². The molecule has 0 aliphatic carbocycles. The topological polar surface area (TPSA) is 94.4 Å². The van der Waals surface area contributed by atoms with E-state index in [9.17, 15) is 15.2 Å². The number of phenols is 1. The SMILES string of the molecule is CC1=C(C(=O)NCCCOc2ccc(O)cc2)C(c2ccccc2C)C(C#N)=CN1. The van der Waals surface area contributed by atoms with Crippen LogP contribution in [0.1, 0.15) is 30.4 Å². The van der Waals surface area contributed by atoms with Crippen LogP contribution < -0.4 is 15.4 Å². The summed E-state index contributed by atoms with van der Waals surface area (Å²) >= 11 is 0. The Kier molecular flexibility index (Phi) is 6.76. The Morgan fingerprint density at radius 2 is 1.93 bits per heavy atom. The minimum Gasteiger partial charge on any atom is -0.508 e. The molecule has 1 aliphatic rings. The van der Waals surface area contributed by atoms with Crippen molar-refractivity contribution in [3.8, 4) is 17.6 Å². The number of benzene rings is 2. The fourth-order valence-electron chi connectivity index (χ4n) is 3.45. The van der Waals surface area contributed by atoms with Gasteiger partial charge in [0.25, 0.3) is 0 Å². The van der Waals surface area contributed by atoms with Gasteiger partial charge in [0.1, 0.15) is 11.5 Å². The molecule has 3 N–H and O–H groups in total. The number of hydrogen-bond acceptors (Lipinski definition) is 5. The van der Waals surface area contributed by atoms with Crippen molar-refractivity contribution in [1.29, 1.82) is 5.26 Å². The molecule has 0 saturated heterocycles. The summed E-state index contributed by atoms with van der Waals surface area (Å²) in [5.74, 6) is 0.260. The van der Waals surface area contributed by atoms with E-state index in [0.29, 0.717) is 36.5 Å². The number of phenolic OH excluding ortho intramolecular Hbond substituents is 1. The first-order valence-electron chi connectivity index (χ1n) is 9.84. The van der Waals surface area contributed by atoms with Gasteiger partial charge >= 0.3 is 0 Å². The van der Waals surface area contributed by atoms with Crippen LogP contribution >= 0.6 is 0 Å². The van der Waals surface area contributed by atoms with E-state index in [1.54, 1.807) is 30.5 Å². The highest BCUT2D eigenvalue weighted by Crippen LogP contribution is 2.36.